The number of hydrogen-bond acceptors (Lipinski definition) is 4. The molecule has 0 amide bonds. The minimum absolute atomic E-state index is 0.168. The molecule has 0 fully saturated rings. The van der Waals surface area contributed by atoms with E-state index in [0.717, 1.165) is 28.3 Å². The van der Waals surface area contributed by atoms with E-state index in [1.54, 1.807) is 0 Å². The van der Waals surface area contributed by atoms with E-state index in [2.05, 4.69) is 45.2 Å². The van der Waals surface area contributed by atoms with E-state index in [9.17, 15) is 0 Å². The van der Waals surface area contributed by atoms with E-state index in [1.165, 1.54) is 0 Å². The zero-order chi connectivity index (χ0) is 14.4. The number of anilines is 2. The molecule has 0 aliphatic carbocycles. The van der Waals surface area contributed by atoms with Gasteiger partial charge in [-0.05, 0) is 59.3 Å². The Bertz CT molecular complexity index is 525. The van der Waals surface area contributed by atoms with Crippen LogP contribution in [0.1, 0.15) is 12.7 Å². The number of aliphatic hydroxyl groups excluding tert-OH is 1. The fourth-order valence-corrected chi connectivity index (χ4v) is 2.36. The predicted octanol–water partition coefficient (Wildman–Crippen LogP) is 3.47. The molecule has 5 heteroatoms. The fourth-order valence-electron chi connectivity index (χ4n) is 2.02. The van der Waals surface area contributed by atoms with Crippen LogP contribution in [0.2, 0.25) is 0 Å². The molecule has 2 N–H and O–H groups in total. The van der Waals surface area contributed by atoms with Gasteiger partial charge in [-0.3, -0.25) is 0 Å². The van der Waals surface area contributed by atoms with Gasteiger partial charge in [0.1, 0.15) is 5.76 Å². The second-order valence-electron chi connectivity index (χ2n) is 4.41. The summed E-state index contributed by atoms with van der Waals surface area (Å²) >= 11 is 3.29. The second-order valence-corrected chi connectivity index (χ2v) is 5.19. The first-order valence-electron chi connectivity index (χ1n) is 6.67. The molecule has 20 heavy (non-hydrogen) atoms. The molecule has 0 unspecified atom stereocenters. The summed E-state index contributed by atoms with van der Waals surface area (Å²) in [4.78, 5) is 2.13. The van der Waals surface area contributed by atoms with Crippen molar-refractivity contribution in [2.45, 2.75) is 13.5 Å². The highest BCUT2D eigenvalue weighted by molar-refractivity contribution is 9.10. The van der Waals surface area contributed by atoms with Gasteiger partial charge < -0.3 is 19.7 Å². The Balaban J connectivity index is 1.94. The van der Waals surface area contributed by atoms with Crippen LogP contribution in [-0.2, 0) is 6.54 Å². The second kappa shape index (κ2) is 7.36. The van der Waals surface area contributed by atoms with Crippen molar-refractivity contribution < 1.29 is 9.52 Å². The molecule has 0 aliphatic rings. The van der Waals surface area contributed by atoms with Crippen LogP contribution in [0.5, 0.6) is 0 Å². The maximum absolute atomic E-state index is 9.03. The molecule has 4 nitrogen and oxygen atoms in total. The minimum atomic E-state index is 0.168. The van der Waals surface area contributed by atoms with Crippen LogP contribution in [0.15, 0.2) is 45.5 Å². The third kappa shape index (κ3) is 4.02. The lowest BCUT2D eigenvalue weighted by Crippen LogP contribution is -2.25. The zero-order valence-electron chi connectivity index (χ0n) is 11.5. The molecule has 2 aromatic rings. The SMILES string of the molecule is CCN(CCO)c1ccc(NCc2ccc(Br)o2)cc1. The van der Waals surface area contributed by atoms with Gasteiger partial charge >= 0.3 is 0 Å². The number of benzene rings is 1. The van der Waals surface area contributed by atoms with Crippen molar-refractivity contribution in [1.29, 1.82) is 0 Å². The summed E-state index contributed by atoms with van der Waals surface area (Å²) < 4.78 is 6.18. The van der Waals surface area contributed by atoms with Gasteiger partial charge in [-0.2, -0.15) is 0 Å². The van der Waals surface area contributed by atoms with Crippen molar-refractivity contribution >= 4 is 27.3 Å². The number of nitrogens with zero attached hydrogens (tertiary/aromatic N) is 1. The molecule has 0 radical (unpaired) electrons. The molecule has 0 saturated heterocycles. The van der Waals surface area contributed by atoms with Crippen molar-refractivity contribution in [2.75, 3.05) is 29.9 Å². The standard InChI is InChI=1S/C15H19BrN2O2/c1-2-18(9-10-19)13-5-3-12(4-6-13)17-11-14-7-8-15(16)20-14/h3-8,17,19H,2,9-11H2,1H3. The van der Waals surface area contributed by atoms with Crippen LogP contribution in [0.4, 0.5) is 11.4 Å². The minimum Gasteiger partial charge on any atom is -0.452 e. The summed E-state index contributed by atoms with van der Waals surface area (Å²) in [6.07, 6.45) is 0. The lowest BCUT2D eigenvalue weighted by atomic mass is 10.2. The first kappa shape index (κ1) is 14.9. The molecule has 1 heterocycles. The highest BCUT2D eigenvalue weighted by atomic mass is 79.9. The molecule has 1 aromatic heterocycles. The monoisotopic (exact) mass is 338 g/mol. The number of hydrogen-bond donors (Lipinski definition) is 2. The first-order valence-corrected chi connectivity index (χ1v) is 7.46. The van der Waals surface area contributed by atoms with Gasteiger partial charge in [0, 0.05) is 24.5 Å². The maximum atomic E-state index is 9.03. The number of rotatable bonds is 7. The van der Waals surface area contributed by atoms with Crippen molar-refractivity contribution in [3.63, 3.8) is 0 Å². The molecule has 0 aliphatic heterocycles. The lowest BCUT2D eigenvalue weighted by molar-refractivity contribution is 0.302. The van der Waals surface area contributed by atoms with E-state index < -0.39 is 0 Å². The summed E-state index contributed by atoms with van der Waals surface area (Å²) in [5.41, 5.74) is 2.16. The molecule has 0 atom stereocenters. The highest BCUT2D eigenvalue weighted by Gasteiger charge is 2.04. The summed E-state index contributed by atoms with van der Waals surface area (Å²) in [6, 6.07) is 12.0. The van der Waals surface area contributed by atoms with Crippen LogP contribution in [-0.4, -0.2) is 24.8 Å². The molecule has 0 saturated carbocycles. The Morgan fingerprint density at radius 2 is 1.95 bits per heavy atom. The first-order chi connectivity index (χ1) is 9.72. The molecular weight excluding hydrogens is 320 g/mol. The van der Waals surface area contributed by atoms with E-state index in [-0.39, 0.29) is 6.61 Å². The number of likely N-dealkylation sites (N-methyl/N-ethyl adjacent to an activating group) is 1. The maximum Gasteiger partial charge on any atom is 0.169 e. The highest BCUT2D eigenvalue weighted by Crippen LogP contribution is 2.19. The number of nitrogens with one attached hydrogen (secondary N) is 1. The van der Waals surface area contributed by atoms with Crippen molar-refractivity contribution in [3.8, 4) is 0 Å². The average molecular weight is 339 g/mol. The topological polar surface area (TPSA) is 48.6 Å². The molecule has 0 bridgehead atoms. The van der Waals surface area contributed by atoms with E-state index in [0.29, 0.717) is 13.1 Å². The zero-order valence-corrected chi connectivity index (χ0v) is 13.1. The summed E-state index contributed by atoms with van der Waals surface area (Å²) in [5, 5.41) is 12.3. The fraction of sp³-hybridized carbons (Fsp3) is 0.333. The summed E-state index contributed by atoms with van der Waals surface area (Å²) in [6.45, 7) is 4.44. The molecule has 0 spiro atoms. The van der Waals surface area contributed by atoms with Crippen LogP contribution < -0.4 is 10.2 Å². The largest absolute Gasteiger partial charge is 0.452 e. The predicted molar refractivity (Wildman–Crippen MR) is 85.1 cm³/mol. The number of halogens is 1. The normalized spacial score (nSPS) is 10.6. The average Bonchev–Trinajstić information content (AvgIpc) is 2.89. The molecule has 2 rings (SSSR count). The van der Waals surface area contributed by atoms with Crippen LogP contribution in [0, 0.1) is 0 Å². The van der Waals surface area contributed by atoms with Gasteiger partial charge in [0.25, 0.3) is 0 Å². The third-order valence-corrected chi connectivity index (χ3v) is 3.51. The molecule has 1 aromatic carbocycles. The van der Waals surface area contributed by atoms with Gasteiger partial charge in [0.2, 0.25) is 0 Å². The Kier molecular flexibility index (Phi) is 5.49. The van der Waals surface area contributed by atoms with Crippen LogP contribution in [0.3, 0.4) is 0 Å². The smallest absolute Gasteiger partial charge is 0.169 e. The van der Waals surface area contributed by atoms with Crippen molar-refractivity contribution in [2.24, 2.45) is 0 Å². The van der Waals surface area contributed by atoms with Gasteiger partial charge in [0.05, 0.1) is 13.2 Å². The van der Waals surface area contributed by atoms with Crippen LogP contribution >= 0.6 is 15.9 Å². The third-order valence-electron chi connectivity index (χ3n) is 3.08. The van der Waals surface area contributed by atoms with E-state index in [4.69, 9.17) is 9.52 Å². The van der Waals surface area contributed by atoms with Gasteiger partial charge in [-0.15, -0.1) is 0 Å². The van der Waals surface area contributed by atoms with E-state index in [1.807, 2.05) is 24.3 Å². The van der Waals surface area contributed by atoms with E-state index >= 15 is 0 Å². The van der Waals surface area contributed by atoms with Crippen LogP contribution in [0.25, 0.3) is 0 Å². The Morgan fingerprint density at radius 1 is 1.20 bits per heavy atom. The Morgan fingerprint density at radius 3 is 2.50 bits per heavy atom. The van der Waals surface area contributed by atoms with Crippen molar-refractivity contribution in [1.82, 2.24) is 0 Å². The van der Waals surface area contributed by atoms with Gasteiger partial charge in [-0.25, -0.2) is 0 Å². The van der Waals surface area contributed by atoms with Gasteiger partial charge in [-0.1, -0.05) is 0 Å². The molecule has 108 valence electrons. The quantitative estimate of drug-likeness (QED) is 0.811. The summed E-state index contributed by atoms with van der Waals surface area (Å²) in [5.74, 6) is 0.886. The Hall–Kier alpha value is -1.46. The molecular formula is C15H19BrN2O2. The Labute approximate surface area is 127 Å². The summed E-state index contributed by atoms with van der Waals surface area (Å²) in [7, 11) is 0. The van der Waals surface area contributed by atoms with Gasteiger partial charge in [0.15, 0.2) is 4.67 Å². The number of furan rings is 1. The number of aliphatic hydroxyl groups is 1. The van der Waals surface area contributed by atoms with Crippen molar-refractivity contribution in [3.05, 3.63) is 46.8 Å². The lowest BCUT2D eigenvalue weighted by Gasteiger charge is -2.22.